The van der Waals surface area contributed by atoms with Crippen molar-refractivity contribution in [2.75, 3.05) is 72.4 Å². The number of amides is 1. The number of halogens is 2. The van der Waals surface area contributed by atoms with Gasteiger partial charge in [-0.1, -0.05) is 48.0 Å². The van der Waals surface area contributed by atoms with Crippen molar-refractivity contribution in [3.63, 3.8) is 0 Å². The Balaban J connectivity index is 1.31. The minimum atomic E-state index is -0.551. The number of carbonyl (C=O) groups excluding carboxylic acids is 1. The van der Waals surface area contributed by atoms with E-state index in [1.807, 2.05) is 72.3 Å². The van der Waals surface area contributed by atoms with Gasteiger partial charge in [0.1, 0.15) is 23.6 Å². The Hall–Kier alpha value is -3.86. The van der Waals surface area contributed by atoms with Gasteiger partial charge in [0.25, 0.3) is 0 Å². The first-order valence-corrected chi connectivity index (χ1v) is 15.8. The van der Waals surface area contributed by atoms with Crippen LogP contribution >= 0.6 is 11.6 Å². The van der Waals surface area contributed by atoms with Gasteiger partial charge in [0.05, 0.1) is 5.39 Å². The van der Waals surface area contributed by atoms with Crippen molar-refractivity contribution in [3.8, 4) is 17.3 Å². The molecule has 0 radical (unpaired) electrons. The summed E-state index contributed by atoms with van der Waals surface area (Å²) in [5.41, 5.74) is 0.914. The Kier molecular flexibility index (Phi) is 9.16. The summed E-state index contributed by atoms with van der Waals surface area (Å²) >= 11 is 6.59. The first kappa shape index (κ1) is 31.1. The summed E-state index contributed by atoms with van der Waals surface area (Å²) in [6, 6.07) is 11.6. The van der Waals surface area contributed by atoms with E-state index < -0.39 is 5.82 Å². The molecule has 2 saturated heterocycles. The molecule has 2 aliphatic rings. The molecule has 1 atom stereocenters. The molecule has 4 aromatic rings. The summed E-state index contributed by atoms with van der Waals surface area (Å²) < 4.78 is 22.7. The number of nitrogens with zero attached hydrogens (tertiary/aromatic N) is 7. The summed E-state index contributed by atoms with van der Waals surface area (Å²) in [5.74, 6) is 0.254. The summed E-state index contributed by atoms with van der Waals surface area (Å²) in [6.07, 6.45) is 7.29. The monoisotopic (exact) mass is 631 g/mol. The van der Waals surface area contributed by atoms with Crippen LogP contribution in [-0.2, 0) is 4.79 Å². The predicted molar refractivity (Wildman–Crippen MR) is 177 cm³/mol. The molecule has 0 N–H and O–H groups in total. The van der Waals surface area contributed by atoms with Gasteiger partial charge < -0.3 is 24.3 Å². The van der Waals surface area contributed by atoms with E-state index in [2.05, 4.69) is 21.9 Å². The van der Waals surface area contributed by atoms with Crippen molar-refractivity contribution in [3.05, 3.63) is 65.6 Å². The summed E-state index contributed by atoms with van der Waals surface area (Å²) in [7, 11) is 7.94. The van der Waals surface area contributed by atoms with Crippen molar-refractivity contribution in [2.45, 2.75) is 18.9 Å². The Morgan fingerprint density at radius 3 is 2.67 bits per heavy atom. The molecule has 0 bridgehead atoms. The number of ether oxygens (including phenoxy) is 1. The van der Waals surface area contributed by atoms with Crippen molar-refractivity contribution in [1.29, 1.82) is 0 Å². The zero-order valence-corrected chi connectivity index (χ0v) is 27.0. The van der Waals surface area contributed by atoms with Gasteiger partial charge in [-0.2, -0.15) is 9.97 Å². The Morgan fingerprint density at radius 1 is 1.16 bits per heavy atom. The standard InChI is InChI=1S/C34H39ClFN7O2/c1-40(2)15-8-14-28(44)43-19-22(20-43)18-42(4)33-26-17-37-31(25-12-5-9-23-10-6-13-27(35)29(23)25)30(36)32(26)38-34(39-33)45-21-24-11-7-16-41(24)3/h5-6,8-10,12-14,17,22,24H,7,11,15-16,18-21H2,1-4H3/b14-8+/t24-/m0/s1. The van der Waals surface area contributed by atoms with Gasteiger partial charge in [-0.25, -0.2) is 4.39 Å². The second-order valence-corrected chi connectivity index (χ2v) is 12.8. The van der Waals surface area contributed by atoms with Gasteiger partial charge in [-0.15, -0.1) is 0 Å². The second kappa shape index (κ2) is 13.2. The number of pyridine rings is 1. The molecule has 236 valence electrons. The normalized spacial score (nSPS) is 17.6. The molecule has 4 heterocycles. The van der Waals surface area contributed by atoms with Crippen LogP contribution in [0.25, 0.3) is 32.9 Å². The lowest BCUT2D eigenvalue weighted by atomic mass is 9.99. The number of benzene rings is 2. The maximum Gasteiger partial charge on any atom is 0.319 e. The van der Waals surface area contributed by atoms with E-state index in [4.69, 9.17) is 21.3 Å². The molecule has 0 spiro atoms. The summed E-state index contributed by atoms with van der Waals surface area (Å²) in [5, 5.41) is 2.66. The maximum atomic E-state index is 16.5. The average Bonchev–Trinajstić information content (AvgIpc) is 3.41. The van der Waals surface area contributed by atoms with Crippen LogP contribution in [0.4, 0.5) is 10.2 Å². The Labute approximate surface area is 268 Å². The quantitative estimate of drug-likeness (QED) is 0.223. The van der Waals surface area contributed by atoms with Crippen LogP contribution in [0.5, 0.6) is 6.01 Å². The lowest BCUT2D eigenvalue weighted by Crippen LogP contribution is -2.53. The van der Waals surface area contributed by atoms with E-state index in [1.165, 1.54) is 0 Å². The van der Waals surface area contributed by atoms with Crippen LogP contribution in [0.1, 0.15) is 12.8 Å². The van der Waals surface area contributed by atoms with E-state index in [0.717, 1.165) is 30.2 Å². The lowest BCUT2D eigenvalue weighted by molar-refractivity contribution is -0.131. The predicted octanol–water partition coefficient (Wildman–Crippen LogP) is 5.12. The number of aromatic nitrogens is 3. The zero-order chi connectivity index (χ0) is 31.7. The number of likely N-dealkylation sites (tertiary alicyclic amines) is 2. The molecule has 1 amide bonds. The average molecular weight is 632 g/mol. The molecule has 2 fully saturated rings. The molecule has 2 aliphatic heterocycles. The van der Waals surface area contributed by atoms with Gasteiger partial charge in [0, 0.05) is 73.4 Å². The summed E-state index contributed by atoms with van der Waals surface area (Å²) in [6.45, 7) is 4.08. The minimum absolute atomic E-state index is 0.0168. The third kappa shape index (κ3) is 6.59. The Morgan fingerprint density at radius 2 is 1.93 bits per heavy atom. The zero-order valence-electron chi connectivity index (χ0n) is 26.2. The number of rotatable bonds is 10. The van der Waals surface area contributed by atoms with Gasteiger partial charge >= 0.3 is 6.01 Å². The topological polar surface area (TPSA) is 77.9 Å². The van der Waals surface area contributed by atoms with Gasteiger partial charge in [-0.05, 0) is 52.0 Å². The highest BCUT2D eigenvalue weighted by atomic mass is 35.5. The molecule has 6 rings (SSSR count). The van der Waals surface area contributed by atoms with Crippen LogP contribution < -0.4 is 9.64 Å². The first-order valence-electron chi connectivity index (χ1n) is 15.4. The molecule has 0 aliphatic carbocycles. The molecular formula is C34H39ClFN7O2. The molecule has 11 heteroatoms. The molecule has 9 nitrogen and oxygen atoms in total. The third-order valence-electron chi connectivity index (χ3n) is 8.72. The fourth-order valence-electron chi connectivity index (χ4n) is 6.23. The number of fused-ring (bicyclic) bond motifs is 2. The smallest absolute Gasteiger partial charge is 0.319 e. The van der Waals surface area contributed by atoms with Crippen LogP contribution in [-0.4, -0.2) is 109 Å². The highest BCUT2D eigenvalue weighted by Crippen LogP contribution is 2.37. The number of likely N-dealkylation sites (N-methyl/N-ethyl adjacent to an activating group) is 2. The minimum Gasteiger partial charge on any atom is -0.462 e. The number of hydrogen-bond acceptors (Lipinski definition) is 8. The van der Waals surface area contributed by atoms with Crippen molar-refractivity contribution >= 4 is 45.0 Å². The molecule has 2 aromatic heterocycles. The van der Waals surface area contributed by atoms with Crippen molar-refractivity contribution < 1.29 is 13.9 Å². The maximum absolute atomic E-state index is 16.5. The molecule has 0 unspecified atom stereocenters. The van der Waals surface area contributed by atoms with E-state index in [1.54, 1.807) is 18.3 Å². The molecular weight excluding hydrogens is 593 g/mol. The molecule has 2 aromatic carbocycles. The fourth-order valence-corrected chi connectivity index (χ4v) is 6.51. The number of carbonyl (C=O) groups is 1. The lowest BCUT2D eigenvalue weighted by Gasteiger charge is -2.40. The second-order valence-electron chi connectivity index (χ2n) is 12.4. The largest absolute Gasteiger partial charge is 0.462 e. The van der Waals surface area contributed by atoms with Crippen LogP contribution in [0.15, 0.2) is 54.7 Å². The van der Waals surface area contributed by atoms with Gasteiger partial charge in [-0.3, -0.25) is 9.78 Å². The highest BCUT2D eigenvalue weighted by molar-refractivity contribution is 6.36. The number of hydrogen-bond donors (Lipinski definition) is 0. The summed E-state index contributed by atoms with van der Waals surface area (Å²) in [4.78, 5) is 34.6. The van der Waals surface area contributed by atoms with Crippen LogP contribution in [0, 0.1) is 11.7 Å². The SMILES string of the molecule is CN(C)C/C=C/C(=O)N1CC(CN(C)c2nc(OC[C@@H]3CCCN3C)nc3c(F)c(-c4cccc5cccc(Cl)c45)ncc23)C1. The third-order valence-corrected chi connectivity index (χ3v) is 9.04. The Bertz CT molecular complexity index is 1740. The van der Waals surface area contributed by atoms with E-state index >= 15 is 4.39 Å². The van der Waals surface area contributed by atoms with Crippen molar-refractivity contribution in [1.82, 2.24) is 29.7 Å². The van der Waals surface area contributed by atoms with Gasteiger partial charge in [0.15, 0.2) is 5.82 Å². The van der Waals surface area contributed by atoms with E-state index in [0.29, 0.717) is 54.6 Å². The van der Waals surface area contributed by atoms with E-state index in [-0.39, 0.29) is 35.1 Å². The van der Waals surface area contributed by atoms with Crippen LogP contribution in [0.3, 0.4) is 0 Å². The van der Waals surface area contributed by atoms with Crippen molar-refractivity contribution in [2.24, 2.45) is 5.92 Å². The van der Waals surface area contributed by atoms with E-state index in [9.17, 15) is 4.79 Å². The first-order chi connectivity index (χ1) is 21.7. The number of anilines is 1. The highest BCUT2D eigenvalue weighted by Gasteiger charge is 2.31. The van der Waals surface area contributed by atoms with Crippen LogP contribution in [0.2, 0.25) is 5.02 Å². The molecule has 0 saturated carbocycles. The molecule has 45 heavy (non-hydrogen) atoms. The fraction of sp³-hybridized carbons (Fsp3) is 0.412. The van der Waals surface area contributed by atoms with Gasteiger partial charge in [0.2, 0.25) is 5.91 Å².